The third kappa shape index (κ3) is 1.88. The van der Waals surface area contributed by atoms with Gasteiger partial charge in [0.05, 0.1) is 0 Å². The van der Waals surface area contributed by atoms with Gasteiger partial charge in [0, 0.05) is 17.0 Å². The molecule has 1 atom stereocenters. The van der Waals surface area contributed by atoms with Crippen molar-refractivity contribution in [3.63, 3.8) is 0 Å². The molecule has 2 rings (SSSR count). The molecule has 1 saturated carbocycles. The van der Waals surface area contributed by atoms with Crippen molar-refractivity contribution in [2.24, 2.45) is 11.1 Å². The minimum Gasteiger partial charge on any atom is -0.330 e. The number of benzene rings is 1. The molecule has 3 heteroatoms. The molecule has 1 aromatic carbocycles. The topological polar surface area (TPSA) is 26.0 Å². The van der Waals surface area contributed by atoms with E-state index in [0.717, 1.165) is 19.3 Å². The largest absolute Gasteiger partial charge is 0.330 e. The van der Waals surface area contributed by atoms with Crippen LogP contribution >= 0.6 is 11.6 Å². The van der Waals surface area contributed by atoms with Crippen molar-refractivity contribution in [1.29, 1.82) is 0 Å². The molecule has 1 fully saturated rings. The van der Waals surface area contributed by atoms with Gasteiger partial charge in [0.2, 0.25) is 0 Å². The maximum atomic E-state index is 14.2. The van der Waals surface area contributed by atoms with Gasteiger partial charge in [-0.1, -0.05) is 30.2 Å². The number of nitrogens with two attached hydrogens (primary N) is 1. The van der Waals surface area contributed by atoms with Crippen LogP contribution in [0.2, 0.25) is 5.02 Å². The Kier molecular flexibility index (Phi) is 2.98. The van der Waals surface area contributed by atoms with Crippen molar-refractivity contribution in [1.82, 2.24) is 0 Å². The van der Waals surface area contributed by atoms with E-state index in [4.69, 9.17) is 17.3 Å². The van der Waals surface area contributed by atoms with Gasteiger partial charge < -0.3 is 5.73 Å². The third-order valence-corrected chi connectivity index (χ3v) is 3.71. The summed E-state index contributed by atoms with van der Waals surface area (Å²) in [6, 6.07) is 6.96. The van der Waals surface area contributed by atoms with Crippen LogP contribution in [0.25, 0.3) is 0 Å². The summed E-state index contributed by atoms with van der Waals surface area (Å²) in [7, 11) is 0. The molecule has 0 spiro atoms. The first kappa shape index (κ1) is 10.9. The maximum Gasteiger partial charge on any atom is 0.132 e. The summed E-state index contributed by atoms with van der Waals surface area (Å²) in [6.07, 6.45) is 1.93. The first-order valence-corrected chi connectivity index (χ1v) is 5.65. The van der Waals surface area contributed by atoms with Gasteiger partial charge in [-0.25, -0.2) is 4.39 Å². The smallest absolute Gasteiger partial charge is 0.132 e. The normalized spacial score (nSPS) is 20.7. The molecular weight excluding hydrogens is 213 g/mol. The number of alkyl halides is 1. The van der Waals surface area contributed by atoms with Gasteiger partial charge in [-0.05, 0) is 30.5 Å². The fourth-order valence-corrected chi connectivity index (χ4v) is 2.30. The van der Waals surface area contributed by atoms with Gasteiger partial charge in [0.25, 0.3) is 0 Å². The predicted molar refractivity (Wildman–Crippen MR) is 60.6 cm³/mol. The lowest BCUT2D eigenvalue weighted by molar-refractivity contribution is 0.0284. The molecule has 2 N–H and O–H groups in total. The molecule has 0 aromatic heterocycles. The fraction of sp³-hybridized carbons (Fsp3) is 0.500. The molecule has 0 heterocycles. The van der Waals surface area contributed by atoms with Crippen LogP contribution in [0.5, 0.6) is 0 Å². The maximum absolute atomic E-state index is 14.2. The molecule has 0 radical (unpaired) electrons. The van der Waals surface area contributed by atoms with Crippen LogP contribution in [0.4, 0.5) is 4.39 Å². The molecule has 0 bridgehead atoms. The summed E-state index contributed by atoms with van der Waals surface area (Å²) in [4.78, 5) is 0. The Hall–Kier alpha value is -0.600. The minimum absolute atomic E-state index is 0.312. The Morgan fingerprint density at radius 3 is 2.33 bits per heavy atom. The highest BCUT2D eigenvalue weighted by Gasteiger charge is 2.44. The van der Waals surface area contributed by atoms with Crippen LogP contribution in [0.1, 0.15) is 31.0 Å². The highest BCUT2D eigenvalue weighted by molar-refractivity contribution is 6.30. The summed E-state index contributed by atoms with van der Waals surface area (Å²) in [5.74, 6) is 0. The highest BCUT2D eigenvalue weighted by atomic mass is 35.5. The predicted octanol–water partition coefficient (Wildman–Crippen LogP) is 3.48. The lowest BCUT2D eigenvalue weighted by Crippen LogP contribution is -2.41. The molecule has 1 aliphatic carbocycles. The molecule has 15 heavy (non-hydrogen) atoms. The van der Waals surface area contributed by atoms with Crippen LogP contribution < -0.4 is 5.73 Å². The van der Waals surface area contributed by atoms with Gasteiger partial charge in [-0.15, -0.1) is 0 Å². The number of hydrogen-bond acceptors (Lipinski definition) is 1. The van der Waals surface area contributed by atoms with E-state index in [-0.39, 0.29) is 5.41 Å². The van der Waals surface area contributed by atoms with Crippen molar-refractivity contribution >= 4 is 11.6 Å². The second-order valence-electron chi connectivity index (χ2n) is 4.33. The van der Waals surface area contributed by atoms with E-state index < -0.39 is 6.17 Å². The first-order valence-electron chi connectivity index (χ1n) is 5.27. The molecule has 82 valence electrons. The van der Waals surface area contributed by atoms with Crippen molar-refractivity contribution in [3.8, 4) is 0 Å². The zero-order chi connectivity index (χ0) is 10.9. The van der Waals surface area contributed by atoms with E-state index in [0.29, 0.717) is 17.1 Å². The monoisotopic (exact) mass is 227 g/mol. The van der Waals surface area contributed by atoms with E-state index in [1.165, 1.54) is 0 Å². The quantitative estimate of drug-likeness (QED) is 0.841. The average Bonchev–Trinajstić information content (AvgIpc) is 2.18. The lowest BCUT2D eigenvalue weighted by atomic mass is 9.64. The summed E-state index contributed by atoms with van der Waals surface area (Å²) in [6.45, 7) is 0.427. The van der Waals surface area contributed by atoms with Gasteiger partial charge in [-0.3, -0.25) is 0 Å². The average molecular weight is 228 g/mol. The van der Waals surface area contributed by atoms with Gasteiger partial charge >= 0.3 is 0 Å². The van der Waals surface area contributed by atoms with Crippen LogP contribution in [0.3, 0.4) is 0 Å². The number of rotatable bonds is 3. The van der Waals surface area contributed by atoms with E-state index in [2.05, 4.69) is 0 Å². The standard InChI is InChI=1S/C12H15ClFN/c13-10-4-2-9(3-5-10)11(14)12(8-15)6-1-7-12/h2-5,11H,1,6-8,15H2. The summed E-state index contributed by atoms with van der Waals surface area (Å²) < 4.78 is 14.2. The molecule has 1 nitrogen and oxygen atoms in total. The van der Waals surface area contributed by atoms with Crippen molar-refractivity contribution in [2.45, 2.75) is 25.4 Å². The first-order chi connectivity index (χ1) is 7.18. The zero-order valence-electron chi connectivity index (χ0n) is 8.55. The van der Waals surface area contributed by atoms with Crippen LogP contribution in [0.15, 0.2) is 24.3 Å². The molecule has 1 aromatic rings. The van der Waals surface area contributed by atoms with E-state index in [9.17, 15) is 4.39 Å². The second-order valence-corrected chi connectivity index (χ2v) is 4.77. The van der Waals surface area contributed by atoms with Crippen LogP contribution in [0, 0.1) is 5.41 Å². The molecule has 0 saturated heterocycles. The van der Waals surface area contributed by atoms with Crippen molar-refractivity contribution in [2.75, 3.05) is 6.54 Å². The van der Waals surface area contributed by atoms with Crippen molar-refractivity contribution < 1.29 is 4.39 Å². The molecule has 1 unspecified atom stereocenters. The Morgan fingerprint density at radius 2 is 1.93 bits per heavy atom. The summed E-state index contributed by atoms with van der Waals surface area (Å²) in [5.41, 5.74) is 6.06. The molecular formula is C12H15ClFN. The second kappa shape index (κ2) is 4.11. The summed E-state index contributed by atoms with van der Waals surface area (Å²) >= 11 is 5.77. The zero-order valence-corrected chi connectivity index (χ0v) is 9.30. The van der Waals surface area contributed by atoms with Gasteiger partial charge in [0.1, 0.15) is 6.17 Å². The fourth-order valence-electron chi connectivity index (χ4n) is 2.18. The molecule has 1 aliphatic rings. The molecule has 0 aliphatic heterocycles. The SMILES string of the molecule is NCC1(C(F)c2ccc(Cl)cc2)CCC1. The van der Waals surface area contributed by atoms with E-state index in [1.807, 2.05) is 0 Å². The Bertz CT molecular complexity index is 326. The van der Waals surface area contributed by atoms with Gasteiger partial charge in [0.15, 0.2) is 0 Å². The number of halogens is 2. The lowest BCUT2D eigenvalue weighted by Gasteiger charge is -2.43. The van der Waals surface area contributed by atoms with Crippen LogP contribution in [-0.2, 0) is 0 Å². The van der Waals surface area contributed by atoms with Crippen molar-refractivity contribution in [3.05, 3.63) is 34.9 Å². The molecule has 0 amide bonds. The van der Waals surface area contributed by atoms with E-state index >= 15 is 0 Å². The number of hydrogen-bond donors (Lipinski definition) is 1. The third-order valence-electron chi connectivity index (χ3n) is 3.46. The van der Waals surface area contributed by atoms with Gasteiger partial charge in [-0.2, -0.15) is 0 Å². The minimum atomic E-state index is -0.950. The Labute approximate surface area is 94.4 Å². The Morgan fingerprint density at radius 1 is 1.33 bits per heavy atom. The Balaban J connectivity index is 2.19. The highest BCUT2D eigenvalue weighted by Crippen LogP contribution is 2.51. The van der Waals surface area contributed by atoms with Crippen LogP contribution in [-0.4, -0.2) is 6.54 Å². The summed E-state index contributed by atoms with van der Waals surface area (Å²) in [5, 5.41) is 0.640. The van der Waals surface area contributed by atoms with E-state index in [1.54, 1.807) is 24.3 Å².